The fraction of sp³-hybridized carbons (Fsp3) is 0.176. The maximum absolute atomic E-state index is 6.08. The van der Waals surface area contributed by atoms with E-state index >= 15 is 0 Å². The summed E-state index contributed by atoms with van der Waals surface area (Å²) in [6.45, 7) is 6.33. The number of benzene rings is 1. The van der Waals surface area contributed by atoms with Crippen LogP contribution >= 0.6 is 0 Å². The van der Waals surface area contributed by atoms with Crippen molar-refractivity contribution in [3.8, 4) is 22.4 Å². The second-order valence-corrected chi connectivity index (χ2v) is 5.37. The van der Waals surface area contributed by atoms with E-state index < -0.39 is 0 Å². The van der Waals surface area contributed by atoms with Crippen LogP contribution < -0.4 is 5.73 Å². The Kier molecular flexibility index (Phi) is 3.22. The Balaban J connectivity index is 2.27. The molecule has 0 radical (unpaired) electrons. The highest BCUT2D eigenvalue weighted by atomic mass is 15.2. The van der Waals surface area contributed by atoms with Gasteiger partial charge in [-0.05, 0) is 49.6 Å². The van der Waals surface area contributed by atoms with Crippen molar-refractivity contribution in [2.45, 2.75) is 20.8 Å². The van der Waals surface area contributed by atoms with Gasteiger partial charge in [-0.15, -0.1) is 0 Å². The van der Waals surface area contributed by atoms with Crippen LogP contribution in [-0.4, -0.2) is 15.2 Å². The molecule has 0 amide bonds. The number of rotatable bonds is 2. The molecule has 0 aliphatic heterocycles. The largest absolute Gasteiger partial charge is 0.382 e. The quantitative estimate of drug-likeness (QED) is 0.752. The van der Waals surface area contributed by atoms with Crippen LogP contribution in [0.15, 0.2) is 36.7 Å². The number of aryl methyl sites for hydroxylation is 3. The van der Waals surface area contributed by atoms with Crippen molar-refractivity contribution < 1.29 is 0 Å². The molecule has 0 saturated heterocycles. The molecule has 0 spiro atoms. The number of pyridine rings is 1. The van der Waals surface area contributed by atoms with Crippen LogP contribution in [0, 0.1) is 20.8 Å². The highest BCUT2D eigenvalue weighted by molar-refractivity contribution is 5.89. The van der Waals surface area contributed by atoms with Crippen molar-refractivity contribution in [2.24, 2.45) is 0 Å². The van der Waals surface area contributed by atoms with E-state index in [1.54, 1.807) is 12.4 Å². The molecule has 1 aromatic carbocycles. The Morgan fingerprint density at radius 1 is 0.952 bits per heavy atom. The molecule has 0 saturated carbocycles. The van der Waals surface area contributed by atoms with Gasteiger partial charge in [0, 0.05) is 18.0 Å². The Hall–Kier alpha value is -2.62. The van der Waals surface area contributed by atoms with Gasteiger partial charge in [0.25, 0.3) is 0 Å². The van der Waals surface area contributed by atoms with Crippen molar-refractivity contribution in [3.63, 3.8) is 0 Å². The number of nitrogens with zero attached hydrogens (tertiary/aromatic N) is 2. The summed E-state index contributed by atoms with van der Waals surface area (Å²) >= 11 is 0. The Labute approximate surface area is 124 Å². The second-order valence-electron chi connectivity index (χ2n) is 5.37. The van der Waals surface area contributed by atoms with E-state index in [4.69, 9.17) is 5.73 Å². The molecule has 4 heteroatoms. The Morgan fingerprint density at radius 3 is 2.19 bits per heavy atom. The topological polar surface area (TPSA) is 67.6 Å². The minimum absolute atomic E-state index is 0.510. The van der Waals surface area contributed by atoms with Crippen LogP contribution in [0.5, 0.6) is 0 Å². The lowest BCUT2D eigenvalue weighted by molar-refractivity contribution is 1.10. The summed E-state index contributed by atoms with van der Waals surface area (Å²) in [4.78, 5) is 4.06. The zero-order chi connectivity index (χ0) is 15.0. The summed E-state index contributed by atoms with van der Waals surface area (Å²) in [6.07, 6.45) is 3.53. The fourth-order valence-corrected chi connectivity index (χ4v) is 2.92. The molecule has 2 heterocycles. The van der Waals surface area contributed by atoms with Crippen LogP contribution in [0.2, 0.25) is 0 Å². The summed E-state index contributed by atoms with van der Waals surface area (Å²) in [6, 6.07) is 8.25. The first kappa shape index (κ1) is 13.4. The molecular weight excluding hydrogens is 260 g/mol. The van der Waals surface area contributed by atoms with Gasteiger partial charge in [0.1, 0.15) is 0 Å². The van der Waals surface area contributed by atoms with Gasteiger partial charge in [0.2, 0.25) is 0 Å². The minimum Gasteiger partial charge on any atom is -0.382 e. The number of nitrogen functional groups attached to an aromatic ring is 1. The predicted molar refractivity (Wildman–Crippen MR) is 85.9 cm³/mol. The van der Waals surface area contributed by atoms with Crippen molar-refractivity contribution >= 4 is 5.82 Å². The predicted octanol–water partition coefficient (Wildman–Crippen LogP) is 3.65. The highest BCUT2D eigenvalue weighted by Gasteiger charge is 2.17. The maximum atomic E-state index is 6.08. The monoisotopic (exact) mass is 278 g/mol. The fourth-order valence-electron chi connectivity index (χ4n) is 2.92. The molecule has 106 valence electrons. The third-order valence-corrected chi connectivity index (χ3v) is 3.69. The van der Waals surface area contributed by atoms with E-state index in [9.17, 15) is 0 Å². The van der Waals surface area contributed by atoms with E-state index in [1.165, 1.54) is 16.7 Å². The van der Waals surface area contributed by atoms with Gasteiger partial charge in [-0.25, -0.2) is 0 Å². The van der Waals surface area contributed by atoms with Gasteiger partial charge in [-0.2, -0.15) is 5.10 Å². The van der Waals surface area contributed by atoms with Gasteiger partial charge in [-0.1, -0.05) is 17.7 Å². The number of H-pyrrole nitrogens is 1. The van der Waals surface area contributed by atoms with Gasteiger partial charge in [0.15, 0.2) is 5.82 Å². The smallest absolute Gasteiger partial charge is 0.153 e. The first-order valence-electron chi connectivity index (χ1n) is 6.90. The number of aromatic amines is 1. The standard InChI is InChI=1S/C17H18N4/c1-10-8-11(2)14(12(3)9-10)16-15(17(18)21-20-16)13-4-6-19-7-5-13/h4-9H,1-3H3,(H3,18,20,21). The molecule has 0 unspecified atom stereocenters. The summed E-state index contributed by atoms with van der Waals surface area (Å²) in [5.74, 6) is 0.510. The lowest BCUT2D eigenvalue weighted by Gasteiger charge is -2.12. The number of hydrogen-bond donors (Lipinski definition) is 2. The maximum Gasteiger partial charge on any atom is 0.153 e. The number of aromatic nitrogens is 3. The molecule has 4 nitrogen and oxygen atoms in total. The van der Waals surface area contributed by atoms with Crippen LogP contribution in [0.25, 0.3) is 22.4 Å². The number of nitrogens with one attached hydrogen (secondary N) is 1. The molecule has 3 N–H and O–H groups in total. The molecular formula is C17H18N4. The van der Waals surface area contributed by atoms with E-state index in [0.717, 1.165) is 22.4 Å². The first-order chi connectivity index (χ1) is 10.1. The van der Waals surface area contributed by atoms with Gasteiger partial charge < -0.3 is 5.73 Å². The third kappa shape index (κ3) is 2.29. The van der Waals surface area contributed by atoms with E-state index in [2.05, 4.69) is 48.1 Å². The van der Waals surface area contributed by atoms with Gasteiger partial charge in [-0.3, -0.25) is 10.1 Å². The normalized spacial score (nSPS) is 10.8. The molecule has 2 aromatic heterocycles. The Morgan fingerprint density at radius 2 is 1.57 bits per heavy atom. The molecule has 3 rings (SSSR count). The lowest BCUT2D eigenvalue weighted by Crippen LogP contribution is -1.93. The molecule has 0 atom stereocenters. The van der Waals surface area contributed by atoms with Crippen LogP contribution in [0.4, 0.5) is 5.82 Å². The summed E-state index contributed by atoms with van der Waals surface area (Å²) in [7, 11) is 0. The van der Waals surface area contributed by atoms with Crippen LogP contribution in [0.3, 0.4) is 0 Å². The Bertz CT molecular complexity index is 765. The summed E-state index contributed by atoms with van der Waals surface area (Å²) in [5.41, 5.74) is 13.8. The summed E-state index contributed by atoms with van der Waals surface area (Å²) < 4.78 is 0. The SMILES string of the molecule is Cc1cc(C)c(-c2[nH]nc(N)c2-c2ccncc2)c(C)c1. The van der Waals surface area contributed by atoms with Gasteiger partial charge in [0.05, 0.1) is 11.3 Å². The molecule has 0 fully saturated rings. The molecule has 0 aliphatic rings. The first-order valence-corrected chi connectivity index (χ1v) is 6.90. The lowest BCUT2D eigenvalue weighted by atomic mass is 9.93. The average molecular weight is 278 g/mol. The average Bonchev–Trinajstić information content (AvgIpc) is 2.80. The molecule has 0 aliphatic carbocycles. The van der Waals surface area contributed by atoms with Crippen molar-refractivity contribution in [2.75, 3.05) is 5.73 Å². The van der Waals surface area contributed by atoms with Crippen LogP contribution in [0.1, 0.15) is 16.7 Å². The van der Waals surface area contributed by atoms with Crippen molar-refractivity contribution in [3.05, 3.63) is 53.3 Å². The van der Waals surface area contributed by atoms with Gasteiger partial charge >= 0.3 is 0 Å². The molecule has 21 heavy (non-hydrogen) atoms. The van der Waals surface area contributed by atoms with Crippen molar-refractivity contribution in [1.29, 1.82) is 0 Å². The number of anilines is 1. The summed E-state index contributed by atoms with van der Waals surface area (Å²) in [5, 5.41) is 7.30. The zero-order valence-corrected chi connectivity index (χ0v) is 12.4. The van der Waals surface area contributed by atoms with E-state index in [-0.39, 0.29) is 0 Å². The van der Waals surface area contributed by atoms with Crippen LogP contribution in [-0.2, 0) is 0 Å². The number of hydrogen-bond acceptors (Lipinski definition) is 3. The second kappa shape index (κ2) is 5.05. The number of nitrogens with two attached hydrogens (primary N) is 1. The zero-order valence-electron chi connectivity index (χ0n) is 12.4. The third-order valence-electron chi connectivity index (χ3n) is 3.69. The molecule has 3 aromatic rings. The van der Waals surface area contributed by atoms with E-state index in [0.29, 0.717) is 5.82 Å². The van der Waals surface area contributed by atoms with Crippen molar-refractivity contribution in [1.82, 2.24) is 15.2 Å². The molecule has 0 bridgehead atoms. The van der Waals surface area contributed by atoms with E-state index in [1.807, 2.05) is 12.1 Å². The highest BCUT2D eigenvalue weighted by Crippen LogP contribution is 2.37. The minimum atomic E-state index is 0.510.